The first-order valence-electron chi connectivity index (χ1n) is 16.9. The van der Waals surface area contributed by atoms with E-state index in [1.807, 2.05) is 24.3 Å². The highest BCUT2D eigenvalue weighted by molar-refractivity contribution is 6.24. The molecule has 0 heterocycles. The number of likely N-dealkylation sites (N-methyl/N-ethyl adjacent to an activating group) is 1. The van der Waals surface area contributed by atoms with Crippen LogP contribution in [-0.2, 0) is 19.1 Å². The Morgan fingerprint density at radius 1 is 0.855 bits per heavy atom. The first-order chi connectivity index (χ1) is 26.2. The summed E-state index contributed by atoms with van der Waals surface area (Å²) >= 11 is 0. The zero-order valence-corrected chi connectivity index (χ0v) is 29.2. The predicted molar refractivity (Wildman–Crippen MR) is 197 cm³/mol. The number of amides is 3. The summed E-state index contributed by atoms with van der Waals surface area (Å²) in [7, 11) is 2.77. The smallest absolute Gasteiger partial charge is 0.508 e. The number of hydrogen-bond donors (Lipinski definition) is 8. The number of nitrogens with zero attached hydrogens (tertiary/aromatic N) is 1. The number of aromatic hydroxyl groups is 1. The van der Waals surface area contributed by atoms with E-state index in [0.29, 0.717) is 5.69 Å². The normalized spacial score (nSPS) is 24.5. The molecule has 1 saturated carbocycles. The van der Waals surface area contributed by atoms with E-state index in [0.717, 1.165) is 10.8 Å². The van der Waals surface area contributed by atoms with Crippen LogP contribution in [-0.4, -0.2) is 86.8 Å². The molecule has 3 aliphatic carbocycles. The van der Waals surface area contributed by atoms with Crippen LogP contribution in [0.25, 0.3) is 16.5 Å². The molecule has 16 nitrogen and oxygen atoms in total. The number of carbonyl (C=O) groups is 5. The van der Waals surface area contributed by atoms with Gasteiger partial charge in [0.25, 0.3) is 5.91 Å². The van der Waals surface area contributed by atoms with E-state index >= 15 is 0 Å². The maximum absolute atomic E-state index is 14.6. The second kappa shape index (κ2) is 13.6. The quantitative estimate of drug-likeness (QED) is 0.0609. The molecule has 0 radical (unpaired) electrons. The van der Waals surface area contributed by atoms with Crippen LogP contribution in [0, 0.1) is 11.8 Å². The second-order valence-electron chi connectivity index (χ2n) is 13.6. The number of aliphatic hydroxyl groups is 3. The van der Waals surface area contributed by atoms with Crippen molar-refractivity contribution in [2.45, 2.75) is 23.8 Å². The highest BCUT2D eigenvalue weighted by Crippen LogP contribution is 2.56. The van der Waals surface area contributed by atoms with Gasteiger partial charge in [-0.25, -0.2) is 9.59 Å². The second-order valence-corrected chi connectivity index (χ2v) is 13.6. The van der Waals surface area contributed by atoms with E-state index in [9.17, 15) is 44.4 Å². The van der Waals surface area contributed by atoms with Crippen molar-refractivity contribution in [3.8, 4) is 11.5 Å². The van der Waals surface area contributed by atoms with E-state index in [2.05, 4.69) is 10.6 Å². The van der Waals surface area contributed by atoms with Crippen LogP contribution >= 0.6 is 0 Å². The lowest BCUT2D eigenvalue weighted by Gasteiger charge is -2.54. The van der Waals surface area contributed by atoms with Crippen molar-refractivity contribution in [3.63, 3.8) is 0 Å². The summed E-state index contributed by atoms with van der Waals surface area (Å²) in [4.78, 5) is 68.8. The van der Waals surface area contributed by atoms with Gasteiger partial charge in [0.2, 0.25) is 5.78 Å². The molecule has 0 saturated heterocycles. The zero-order chi connectivity index (χ0) is 39.5. The molecule has 0 aromatic heterocycles. The van der Waals surface area contributed by atoms with Crippen molar-refractivity contribution >= 4 is 57.6 Å². The van der Waals surface area contributed by atoms with Gasteiger partial charge in [0.1, 0.15) is 34.7 Å². The number of hydrogen-bond acceptors (Lipinski definition) is 13. The number of primary amides is 1. The molecule has 55 heavy (non-hydrogen) atoms. The maximum atomic E-state index is 14.6. The standard InChI is InChI=1S/C39H35N5O11/c1-44(2)29-27-33(55-38(52)54-18-11-4-3-5-12-18)24-25(34(48)39(27,53)35(49)26(32(29)47)36(41)50)31(46)23-20(28(24)40)15-16-22(30(23)45)43-37(51)42-21-14-8-10-17-9-6-7-13-19(17)21/h3-16,24,27-29,33,45-46,49,53H,40H2,1-2H3,(H2,41,50)(H2,42,43,51)/t24-,27+,28-,29-,33-,39-/m0/s1. The van der Waals surface area contributed by atoms with Crippen molar-refractivity contribution in [1.82, 2.24) is 4.90 Å². The number of benzene rings is 4. The number of phenols is 1. The van der Waals surface area contributed by atoms with Crippen LogP contribution in [0.4, 0.5) is 21.0 Å². The fraction of sp³-hybridized carbons (Fsp3) is 0.205. The number of aliphatic hydroxyl groups excluding tert-OH is 2. The van der Waals surface area contributed by atoms with Crippen LogP contribution < -0.4 is 26.8 Å². The third kappa shape index (κ3) is 5.79. The summed E-state index contributed by atoms with van der Waals surface area (Å²) in [5.41, 5.74) is 7.07. The Kier molecular flexibility index (Phi) is 9.04. The van der Waals surface area contributed by atoms with Crippen LogP contribution in [0.3, 0.4) is 0 Å². The number of ether oxygens (including phenoxy) is 2. The summed E-state index contributed by atoms with van der Waals surface area (Å²) in [6, 6.07) is 19.2. The average molecular weight is 750 g/mol. The van der Waals surface area contributed by atoms with Crippen LogP contribution in [0.2, 0.25) is 0 Å². The molecule has 16 heteroatoms. The van der Waals surface area contributed by atoms with Gasteiger partial charge >= 0.3 is 12.2 Å². The third-order valence-corrected chi connectivity index (χ3v) is 10.3. The minimum absolute atomic E-state index is 0.0214. The number of anilines is 2. The van der Waals surface area contributed by atoms with E-state index in [4.69, 9.17) is 20.9 Å². The third-order valence-electron chi connectivity index (χ3n) is 10.3. The minimum Gasteiger partial charge on any atom is -0.508 e. The Hall–Kier alpha value is -6.75. The van der Waals surface area contributed by atoms with Gasteiger partial charge in [-0.15, -0.1) is 0 Å². The summed E-state index contributed by atoms with van der Waals surface area (Å²) in [5, 5.41) is 54.0. The zero-order valence-electron chi connectivity index (χ0n) is 29.2. The largest absolute Gasteiger partial charge is 0.514 e. The van der Waals surface area contributed by atoms with Gasteiger partial charge in [0, 0.05) is 22.9 Å². The van der Waals surface area contributed by atoms with Gasteiger partial charge in [0.15, 0.2) is 11.4 Å². The number of nitrogens with two attached hydrogens (primary N) is 2. The predicted octanol–water partition coefficient (Wildman–Crippen LogP) is 3.41. The fourth-order valence-electron chi connectivity index (χ4n) is 7.91. The van der Waals surface area contributed by atoms with Crippen LogP contribution in [0.1, 0.15) is 17.2 Å². The molecule has 4 aromatic rings. The number of Topliss-reactive ketones (excluding diaryl/α,β-unsaturated/α-hetero) is 2. The average Bonchev–Trinajstić information content (AvgIpc) is 3.14. The number of phenolic OH excluding ortho intramolecular Hbond substituents is 1. The van der Waals surface area contributed by atoms with E-state index in [1.165, 1.54) is 43.3 Å². The molecule has 0 unspecified atom stereocenters. The molecule has 0 bridgehead atoms. The molecule has 4 aromatic carbocycles. The molecule has 10 N–H and O–H groups in total. The summed E-state index contributed by atoms with van der Waals surface area (Å²) in [6.45, 7) is 0. The lowest BCUT2D eigenvalue weighted by molar-refractivity contribution is -0.171. The monoisotopic (exact) mass is 749 g/mol. The molecule has 282 valence electrons. The Morgan fingerprint density at radius 2 is 1.51 bits per heavy atom. The molecule has 0 aliphatic heterocycles. The highest BCUT2D eigenvalue weighted by Gasteiger charge is 2.70. The molecular formula is C39H35N5O11. The van der Waals surface area contributed by atoms with Crippen LogP contribution in [0.15, 0.2) is 102 Å². The van der Waals surface area contributed by atoms with Gasteiger partial charge in [-0.1, -0.05) is 60.7 Å². The topological polar surface area (TPSA) is 264 Å². The number of para-hydroxylation sites is 1. The van der Waals surface area contributed by atoms with E-state index < -0.39 is 99.3 Å². The number of carbonyl (C=O) groups excluding carboxylic acids is 5. The highest BCUT2D eigenvalue weighted by atomic mass is 16.7. The van der Waals surface area contributed by atoms with Crippen molar-refractivity contribution < 1.29 is 53.9 Å². The first kappa shape index (κ1) is 36.6. The van der Waals surface area contributed by atoms with Gasteiger partial charge in [-0.05, 0) is 49.3 Å². The fourth-order valence-corrected chi connectivity index (χ4v) is 7.91. The van der Waals surface area contributed by atoms with Crippen molar-refractivity contribution in [2.75, 3.05) is 24.7 Å². The van der Waals surface area contributed by atoms with Crippen LogP contribution in [0.5, 0.6) is 11.5 Å². The number of nitrogens with one attached hydrogen (secondary N) is 2. The Labute approximate surface area is 312 Å². The summed E-state index contributed by atoms with van der Waals surface area (Å²) in [6.07, 6.45) is -3.18. The Morgan fingerprint density at radius 3 is 2.20 bits per heavy atom. The summed E-state index contributed by atoms with van der Waals surface area (Å²) < 4.78 is 11.1. The van der Waals surface area contributed by atoms with Gasteiger partial charge < -0.3 is 52.0 Å². The number of fused-ring (bicyclic) bond motifs is 4. The molecule has 3 aliphatic rings. The molecule has 1 fully saturated rings. The molecule has 6 atom stereocenters. The lowest BCUT2D eigenvalue weighted by atomic mass is 9.55. The SMILES string of the molecule is CN(C)[C@@H]1C(=O)C(C(N)=O)=C(O)[C@@]2(O)C(=O)C3=C(O)c4c(ccc(NC(=O)Nc5cccc6ccccc56)c4O)[C@H](N)[C@H]3[C@H](OC(=O)Oc3ccccc3)[C@@H]12. The van der Waals surface area contributed by atoms with Crippen molar-refractivity contribution in [1.29, 1.82) is 0 Å². The number of ketones is 2. The minimum atomic E-state index is -3.22. The Bertz CT molecular complexity index is 2370. The molecule has 3 amide bonds. The first-order valence-corrected chi connectivity index (χ1v) is 16.9. The van der Waals surface area contributed by atoms with E-state index in [1.54, 1.807) is 36.4 Å². The maximum Gasteiger partial charge on any atom is 0.514 e. The van der Waals surface area contributed by atoms with Gasteiger partial charge in [-0.3, -0.25) is 19.3 Å². The Balaban J connectivity index is 1.34. The van der Waals surface area contributed by atoms with Crippen molar-refractivity contribution in [2.24, 2.45) is 23.3 Å². The summed E-state index contributed by atoms with van der Waals surface area (Å²) in [5.74, 6) is -10.4. The molecule has 0 spiro atoms. The number of urea groups is 1. The van der Waals surface area contributed by atoms with Gasteiger partial charge in [-0.2, -0.15) is 0 Å². The molecular weight excluding hydrogens is 714 g/mol. The van der Waals surface area contributed by atoms with Crippen molar-refractivity contribution in [3.05, 3.63) is 113 Å². The molecule has 7 rings (SSSR count). The lowest BCUT2D eigenvalue weighted by Crippen LogP contribution is -2.71. The number of rotatable bonds is 6. The van der Waals surface area contributed by atoms with Gasteiger partial charge in [0.05, 0.1) is 28.9 Å². The van der Waals surface area contributed by atoms with E-state index in [-0.39, 0.29) is 17.0 Å².